The summed E-state index contributed by atoms with van der Waals surface area (Å²) >= 11 is 0. The molecule has 1 unspecified atom stereocenters. The third kappa shape index (κ3) is 7.07. The lowest BCUT2D eigenvalue weighted by atomic mass is 10.2. The van der Waals surface area contributed by atoms with Crippen molar-refractivity contribution in [1.29, 1.82) is 0 Å². The molecule has 1 aromatic heterocycles. The summed E-state index contributed by atoms with van der Waals surface area (Å²) in [6.45, 7) is 8.16. The van der Waals surface area contributed by atoms with Gasteiger partial charge in [0.2, 0.25) is 0 Å². The number of hydrogen-bond donors (Lipinski definition) is 2. The van der Waals surface area contributed by atoms with Gasteiger partial charge in [-0.3, -0.25) is 9.97 Å². The second kappa shape index (κ2) is 10.9. The van der Waals surface area contributed by atoms with E-state index in [9.17, 15) is 5.11 Å². The molecule has 0 aliphatic carbocycles. The number of nitrogens with zero attached hydrogens (tertiary/aromatic N) is 3. The largest absolute Gasteiger partial charge is 0.493 e. The van der Waals surface area contributed by atoms with E-state index in [2.05, 4.69) is 34.0 Å². The molecule has 0 saturated carbocycles. The van der Waals surface area contributed by atoms with Crippen LogP contribution in [0.4, 0.5) is 0 Å². The van der Waals surface area contributed by atoms with Gasteiger partial charge in [-0.1, -0.05) is 6.07 Å². The van der Waals surface area contributed by atoms with Crippen molar-refractivity contribution in [2.24, 2.45) is 0 Å². The molecule has 2 aromatic rings. The van der Waals surface area contributed by atoms with Crippen LogP contribution in [-0.4, -0.2) is 59.4 Å². The van der Waals surface area contributed by atoms with E-state index < -0.39 is 6.10 Å². The molecule has 1 aromatic carbocycles. The Morgan fingerprint density at radius 3 is 2.57 bits per heavy atom. The average molecular weight is 389 g/mol. The second-order valence-corrected chi connectivity index (χ2v) is 7.24. The Morgan fingerprint density at radius 1 is 1.14 bits per heavy atom. The summed E-state index contributed by atoms with van der Waals surface area (Å²) < 4.78 is 11.2. The van der Waals surface area contributed by atoms with E-state index in [1.54, 1.807) is 19.5 Å². The molecule has 7 nitrogen and oxygen atoms in total. The monoisotopic (exact) mass is 388 g/mol. The summed E-state index contributed by atoms with van der Waals surface area (Å²) in [4.78, 5) is 10.7. The molecule has 2 rings (SSSR count). The van der Waals surface area contributed by atoms with E-state index in [0.717, 1.165) is 17.0 Å². The highest BCUT2D eigenvalue weighted by Crippen LogP contribution is 2.28. The number of aliphatic hydroxyl groups excluding tert-OH is 1. The predicted octanol–water partition coefficient (Wildman–Crippen LogP) is 2.16. The van der Waals surface area contributed by atoms with Crippen molar-refractivity contribution in [3.8, 4) is 11.5 Å². The van der Waals surface area contributed by atoms with Crippen LogP contribution in [0.1, 0.15) is 30.8 Å². The smallest absolute Gasteiger partial charge is 0.161 e. The topological polar surface area (TPSA) is 79.7 Å². The van der Waals surface area contributed by atoms with Crippen LogP contribution in [-0.2, 0) is 13.1 Å². The molecule has 0 amide bonds. The van der Waals surface area contributed by atoms with Crippen molar-refractivity contribution in [2.45, 2.75) is 46.0 Å². The zero-order chi connectivity index (χ0) is 20.5. The molecule has 1 heterocycles. The molecule has 0 bridgehead atoms. The van der Waals surface area contributed by atoms with Crippen LogP contribution in [0.15, 0.2) is 30.6 Å². The number of ether oxygens (including phenoxy) is 2. The summed E-state index contributed by atoms with van der Waals surface area (Å²) in [5, 5.41) is 13.6. The van der Waals surface area contributed by atoms with Gasteiger partial charge in [0.1, 0.15) is 12.7 Å². The van der Waals surface area contributed by atoms with Crippen LogP contribution in [0.25, 0.3) is 0 Å². The van der Waals surface area contributed by atoms with Gasteiger partial charge in [0.15, 0.2) is 11.5 Å². The third-order valence-corrected chi connectivity index (χ3v) is 4.51. The lowest BCUT2D eigenvalue weighted by Crippen LogP contribution is -2.37. The fourth-order valence-electron chi connectivity index (χ4n) is 2.57. The fourth-order valence-corrected chi connectivity index (χ4v) is 2.57. The molecule has 0 aliphatic rings. The number of likely N-dealkylation sites (N-methyl/N-ethyl adjacent to an activating group) is 1. The Hall–Kier alpha value is -2.22. The SMILES string of the molecule is COc1ccc(CNCc2cnc(C)cn2)cc1OCC(O)CN(C)C(C)C. The normalized spacial score (nSPS) is 12.4. The molecule has 1 atom stereocenters. The molecule has 28 heavy (non-hydrogen) atoms. The minimum atomic E-state index is -0.570. The minimum absolute atomic E-state index is 0.212. The van der Waals surface area contributed by atoms with Gasteiger partial charge in [-0.2, -0.15) is 0 Å². The highest BCUT2D eigenvalue weighted by Gasteiger charge is 2.13. The maximum absolute atomic E-state index is 10.2. The Labute approximate surface area is 167 Å². The molecular formula is C21H32N4O3. The van der Waals surface area contributed by atoms with Gasteiger partial charge in [-0.25, -0.2) is 0 Å². The summed E-state index contributed by atoms with van der Waals surface area (Å²) in [5.74, 6) is 1.28. The van der Waals surface area contributed by atoms with Crippen molar-refractivity contribution >= 4 is 0 Å². The molecule has 0 saturated heterocycles. The van der Waals surface area contributed by atoms with Crippen LogP contribution in [0.2, 0.25) is 0 Å². The lowest BCUT2D eigenvalue weighted by molar-refractivity contribution is 0.0668. The van der Waals surface area contributed by atoms with Crippen molar-refractivity contribution in [1.82, 2.24) is 20.2 Å². The lowest BCUT2D eigenvalue weighted by Gasteiger charge is -2.24. The number of hydrogen-bond acceptors (Lipinski definition) is 7. The van der Waals surface area contributed by atoms with Crippen molar-refractivity contribution in [3.63, 3.8) is 0 Å². The Balaban J connectivity index is 1.90. The van der Waals surface area contributed by atoms with E-state index in [0.29, 0.717) is 37.2 Å². The number of aromatic nitrogens is 2. The summed E-state index contributed by atoms with van der Waals surface area (Å²) in [7, 11) is 3.60. The summed E-state index contributed by atoms with van der Waals surface area (Å²) in [5.41, 5.74) is 2.86. The van der Waals surface area contributed by atoms with Gasteiger partial charge in [-0.05, 0) is 45.5 Å². The Bertz CT molecular complexity index is 722. The van der Waals surface area contributed by atoms with Crippen LogP contribution in [0.3, 0.4) is 0 Å². The van der Waals surface area contributed by atoms with Gasteiger partial charge < -0.3 is 24.8 Å². The van der Waals surface area contributed by atoms with Gasteiger partial charge in [0.05, 0.1) is 18.5 Å². The van der Waals surface area contributed by atoms with E-state index in [1.807, 2.05) is 32.2 Å². The van der Waals surface area contributed by atoms with Crippen molar-refractivity contribution in [2.75, 3.05) is 27.3 Å². The zero-order valence-electron chi connectivity index (χ0n) is 17.5. The number of nitrogens with one attached hydrogen (secondary N) is 1. The first-order chi connectivity index (χ1) is 13.4. The highest BCUT2D eigenvalue weighted by molar-refractivity contribution is 5.43. The van der Waals surface area contributed by atoms with E-state index >= 15 is 0 Å². The number of benzene rings is 1. The van der Waals surface area contributed by atoms with Crippen LogP contribution < -0.4 is 14.8 Å². The molecule has 0 aliphatic heterocycles. The van der Waals surface area contributed by atoms with E-state index in [-0.39, 0.29) is 6.61 Å². The van der Waals surface area contributed by atoms with Gasteiger partial charge in [-0.15, -0.1) is 0 Å². The average Bonchev–Trinajstić information content (AvgIpc) is 2.68. The molecule has 154 valence electrons. The first kappa shape index (κ1) is 22.1. The molecular weight excluding hydrogens is 356 g/mol. The summed E-state index contributed by atoms with van der Waals surface area (Å²) in [6.07, 6.45) is 2.97. The standard InChI is InChI=1S/C21H32N4O3/c1-15(2)25(4)13-19(26)14-28-21-8-17(6-7-20(21)27-5)10-22-11-18-12-23-16(3)9-24-18/h6-9,12,15,19,22,26H,10-11,13-14H2,1-5H3. The number of aliphatic hydroxyl groups is 1. The quantitative estimate of drug-likeness (QED) is 0.611. The second-order valence-electron chi connectivity index (χ2n) is 7.24. The molecule has 0 radical (unpaired) electrons. The zero-order valence-corrected chi connectivity index (χ0v) is 17.5. The van der Waals surface area contributed by atoms with Crippen LogP contribution in [0.5, 0.6) is 11.5 Å². The molecule has 0 spiro atoms. The number of methoxy groups -OCH3 is 1. The molecule has 2 N–H and O–H groups in total. The van der Waals surface area contributed by atoms with Crippen LogP contribution >= 0.6 is 0 Å². The number of rotatable bonds is 11. The predicted molar refractivity (Wildman–Crippen MR) is 110 cm³/mol. The minimum Gasteiger partial charge on any atom is -0.493 e. The Morgan fingerprint density at radius 2 is 1.93 bits per heavy atom. The number of aryl methyl sites for hydroxylation is 1. The fraction of sp³-hybridized carbons (Fsp3) is 0.524. The first-order valence-electron chi connectivity index (χ1n) is 9.55. The van der Waals surface area contributed by atoms with E-state index in [1.165, 1.54) is 0 Å². The maximum atomic E-state index is 10.2. The van der Waals surface area contributed by atoms with Crippen molar-refractivity contribution in [3.05, 3.63) is 47.5 Å². The summed E-state index contributed by atoms with van der Waals surface area (Å²) in [6, 6.07) is 6.18. The Kier molecular flexibility index (Phi) is 8.63. The highest BCUT2D eigenvalue weighted by atomic mass is 16.5. The van der Waals surface area contributed by atoms with Gasteiger partial charge in [0.25, 0.3) is 0 Å². The van der Waals surface area contributed by atoms with Crippen LogP contribution in [0, 0.1) is 6.92 Å². The maximum Gasteiger partial charge on any atom is 0.161 e. The molecule has 7 heteroatoms. The first-order valence-corrected chi connectivity index (χ1v) is 9.55. The van der Waals surface area contributed by atoms with Gasteiger partial charge >= 0.3 is 0 Å². The third-order valence-electron chi connectivity index (χ3n) is 4.51. The van der Waals surface area contributed by atoms with Gasteiger partial charge in [0, 0.05) is 38.1 Å². The van der Waals surface area contributed by atoms with E-state index in [4.69, 9.17) is 9.47 Å². The molecule has 0 fully saturated rings. The van der Waals surface area contributed by atoms with Crippen molar-refractivity contribution < 1.29 is 14.6 Å².